The first kappa shape index (κ1) is 14.2. The van der Waals surface area contributed by atoms with Crippen LogP contribution in [0.3, 0.4) is 0 Å². The average molecular weight is 257 g/mol. The maximum Gasteiger partial charge on any atom is 0.308 e. The second kappa shape index (κ2) is 7.42. The molecule has 1 aromatic rings. The van der Waals surface area contributed by atoms with Gasteiger partial charge in [-0.25, -0.2) is 0 Å². The van der Waals surface area contributed by atoms with Crippen LogP contribution in [0.5, 0.6) is 0 Å². The van der Waals surface area contributed by atoms with E-state index in [4.69, 9.17) is 9.84 Å². The van der Waals surface area contributed by atoms with Gasteiger partial charge in [0.25, 0.3) is 0 Å². The van der Waals surface area contributed by atoms with Gasteiger partial charge in [-0.2, -0.15) is 0 Å². The lowest BCUT2D eigenvalue weighted by atomic mass is 10.3. The number of carbonyl (C=O) groups is 1. The van der Waals surface area contributed by atoms with Crippen molar-refractivity contribution in [3.63, 3.8) is 0 Å². The molecule has 5 heteroatoms. The maximum absolute atomic E-state index is 10.5. The van der Waals surface area contributed by atoms with Crippen LogP contribution in [0.1, 0.15) is 23.6 Å². The highest BCUT2D eigenvalue weighted by Gasteiger charge is 2.04. The van der Waals surface area contributed by atoms with Gasteiger partial charge >= 0.3 is 5.97 Å². The summed E-state index contributed by atoms with van der Waals surface area (Å²) < 4.78 is 5.40. The van der Waals surface area contributed by atoms with E-state index in [1.165, 1.54) is 0 Å². The van der Waals surface area contributed by atoms with E-state index in [2.05, 4.69) is 5.32 Å². The largest absolute Gasteiger partial charge is 0.481 e. The Morgan fingerprint density at radius 3 is 2.82 bits per heavy atom. The number of hydrogen-bond donors (Lipinski definition) is 2. The first-order valence-electron chi connectivity index (χ1n) is 5.69. The minimum absolute atomic E-state index is 0.112. The van der Waals surface area contributed by atoms with Crippen LogP contribution in [0.2, 0.25) is 0 Å². The molecule has 1 heterocycles. The summed E-state index contributed by atoms with van der Waals surface area (Å²) in [6.07, 6.45) is 0.377. The van der Waals surface area contributed by atoms with E-state index in [9.17, 15) is 4.79 Å². The Morgan fingerprint density at radius 2 is 2.18 bits per heavy atom. The lowest BCUT2D eigenvalue weighted by Crippen LogP contribution is -2.20. The number of rotatable bonds is 8. The number of hydrogen-bond acceptors (Lipinski definition) is 4. The molecule has 1 aromatic heterocycles. The second-order valence-corrected chi connectivity index (χ2v) is 5.29. The summed E-state index contributed by atoms with van der Waals surface area (Å²) in [6.45, 7) is 6.30. The van der Waals surface area contributed by atoms with E-state index in [-0.39, 0.29) is 12.5 Å². The van der Waals surface area contributed by atoms with E-state index < -0.39 is 5.97 Å². The minimum atomic E-state index is -0.781. The molecule has 0 bridgehead atoms. The fourth-order valence-corrected chi connectivity index (χ4v) is 2.32. The summed E-state index contributed by atoms with van der Waals surface area (Å²) in [5, 5.41) is 11.9. The van der Waals surface area contributed by atoms with Crippen LogP contribution in [0.15, 0.2) is 12.1 Å². The fourth-order valence-electron chi connectivity index (χ4n) is 1.34. The average Bonchev–Trinajstić information content (AvgIpc) is 2.63. The molecule has 0 unspecified atom stereocenters. The monoisotopic (exact) mass is 257 g/mol. The standard InChI is InChI=1S/C12H19NO3S/c1-9(2)16-6-5-13-8-11-4-3-10(17-11)7-12(14)15/h3-4,9,13H,5-8H2,1-2H3,(H,14,15). The highest BCUT2D eigenvalue weighted by atomic mass is 32.1. The topological polar surface area (TPSA) is 58.6 Å². The van der Waals surface area contributed by atoms with Crippen molar-refractivity contribution in [2.45, 2.75) is 32.9 Å². The Bertz CT molecular complexity index is 349. The maximum atomic E-state index is 10.5. The predicted octanol–water partition coefficient (Wildman–Crippen LogP) is 1.89. The SMILES string of the molecule is CC(C)OCCNCc1ccc(CC(=O)O)s1. The number of nitrogens with one attached hydrogen (secondary N) is 1. The molecule has 96 valence electrons. The fraction of sp³-hybridized carbons (Fsp3) is 0.583. The molecule has 0 aliphatic carbocycles. The molecule has 0 fully saturated rings. The first-order chi connectivity index (χ1) is 8.08. The van der Waals surface area contributed by atoms with Crippen molar-refractivity contribution >= 4 is 17.3 Å². The van der Waals surface area contributed by atoms with Crippen LogP contribution in [0.25, 0.3) is 0 Å². The third-order valence-corrected chi connectivity index (χ3v) is 3.16. The molecule has 0 atom stereocenters. The van der Waals surface area contributed by atoms with Crippen LogP contribution in [0, 0.1) is 0 Å². The number of aliphatic carboxylic acids is 1. The van der Waals surface area contributed by atoms with Gasteiger partial charge in [0.1, 0.15) is 0 Å². The van der Waals surface area contributed by atoms with Crippen LogP contribution in [-0.2, 0) is 22.5 Å². The summed E-state index contributed by atoms with van der Waals surface area (Å²) in [5.74, 6) is -0.781. The van der Waals surface area contributed by atoms with Gasteiger partial charge in [0.15, 0.2) is 0 Å². The quantitative estimate of drug-likeness (QED) is 0.698. The zero-order valence-electron chi connectivity index (χ0n) is 10.2. The predicted molar refractivity (Wildman–Crippen MR) is 68.5 cm³/mol. The van der Waals surface area contributed by atoms with E-state index in [1.54, 1.807) is 11.3 Å². The molecule has 0 saturated carbocycles. The smallest absolute Gasteiger partial charge is 0.308 e. The van der Waals surface area contributed by atoms with Crippen molar-refractivity contribution in [1.82, 2.24) is 5.32 Å². The van der Waals surface area contributed by atoms with Gasteiger partial charge in [-0.15, -0.1) is 11.3 Å². The highest BCUT2D eigenvalue weighted by Crippen LogP contribution is 2.16. The van der Waals surface area contributed by atoms with E-state index in [1.807, 2.05) is 26.0 Å². The van der Waals surface area contributed by atoms with E-state index >= 15 is 0 Å². The van der Waals surface area contributed by atoms with Gasteiger partial charge < -0.3 is 15.2 Å². The molecule has 0 spiro atoms. The number of carboxylic acid groups (broad SMARTS) is 1. The molecular formula is C12H19NO3S. The van der Waals surface area contributed by atoms with Gasteiger partial charge in [0, 0.05) is 22.8 Å². The summed E-state index contributed by atoms with van der Waals surface area (Å²) in [4.78, 5) is 12.6. The lowest BCUT2D eigenvalue weighted by molar-refractivity contribution is -0.136. The lowest BCUT2D eigenvalue weighted by Gasteiger charge is -2.07. The Morgan fingerprint density at radius 1 is 1.47 bits per heavy atom. The van der Waals surface area contributed by atoms with Crippen molar-refractivity contribution in [3.05, 3.63) is 21.9 Å². The van der Waals surface area contributed by atoms with Crippen LogP contribution >= 0.6 is 11.3 Å². The molecule has 0 radical (unpaired) electrons. The third kappa shape index (κ3) is 6.41. The molecule has 0 aromatic carbocycles. The van der Waals surface area contributed by atoms with Crippen molar-refractivity contribution in [2.75, 3.05) is 13.2 Å². The second-order valence-electron chi connectivity index (χ2n) is 4.03. The van der Waals surface area contributed by atoms with Gasteiger partial charge in [0.05, 0.1) is 19.1 Å². The van der Waals surface area contributed by atoms with E-state index in [0.29, 0.717) is 6.61 Å². The van der Waals surface area contributed by atoms with Crippen LogP contribution in [0.4, 0.5) is 0 Å². The van der Waals surface area contributed by atoms with Gasteiger partial charge in [-0.05, 0) is 26.0 Å². The zero-order chi connectivity index (χ0) is 12.7. The van der Waals surface area contributed by atoms with Crippen molar-refractivity contribution in [1.29, 1.82) is 0 Å². The van der Waals surface area contributed by atoms with E-state index in [0.717, 1.165) is 22.8 Å². The molecule has 0 amide bonds. The Balaban J connectivity index is 2.18. The Labute approximate surface area is 106 Å². The van der Waals surface area contributed by atoms with Gasteiger partial charge in [-0.1, -0.05) is 0 Å². The Hall–Kier alpha value is -0.910. The molecule has 0 aliphatic heterocycles. The summed E-state index contributed by atoms with van der Waals surface area (Å²) in [7, 11) is 0. The molecule has 0 saturated heterocycles. The number of carboxylic acids is 1. The molecule has 4 nitrogen and oxygen atoms in total. The molecule has 2 N–H and O–H groups in total. The molecule has 1 rings (SSSR count). The Kier molecular flexibility index (Phi) is 6.18. The number of thiophene rings is 1. The minimum Gasteiger partial charge on any atom is -0.481 e. The summed E-state index contributed by atoms with van der Waals surface area (Å²) in [5.41, 5.74) is 0. The van der Waals surface area contributed by atoms with Crippen molar-refractivity contribution in [3.8, 4) is 0 Å². The van der Waals surface area contributed by atoms with Gasteiger partial charge in [0.2, 0.25) is 0 Å². The highest BCUT2D eigenvalue weighted by molar-refractivity contribution is 7.12. The molecule has 17 heavy (non-hydrogen) atoms. The summed E-state index contributed by atoms with van der Waals surface area (Å²) >= 11 is 1.54. The van der Waals surface area contributed by atoms with Gasteiger partial charge in [-0.3, -0.25) is 4.79 Å². The molecule has 0 aliphatic rings. The van der Waals surface area contributed by atoms with Crippen LogP contribution in [-0.4, -0.2) is 30.3 Å². The van der Waals surface area contributed by atoms with Crippen LogP contribution < -0.4 is 5.32 Å². The number of ether oxygens (including phenoxy) is 1. The third-order valence-electron chi connectivity index (χ3n) is 2.07. The molecular weight excluding hydrogens is 238 g/mol. The van der Waals surface area contributed by atoms with Crippen molar-refractivity contribution in [2.24, 2.45) is 0 Å². The summed E-state index contributed by atoms with van der Waals surface area (Å²) in [6, 6.07) is 3.85. The normalized spacial score (nSPS) is 11.0. The zero-order valence-corrected chi connectivity index (χ0v) is 11.0. The first-order valence-corrected chi connectivity index (χ1v) is 6.51. The van der Waals surface area contributed by atoms with Crippen molar-refractivity contribution < 1.29 is 14.6 Å².